The Labute approximate surface area is 75.7 Å². The molecule has 1 radical (unpaired) electrons. The van der Waals surface area contributed by atoms with E-state index >= 15 is 0 Å². The van der Waals surface area contributed by atoms with Gasteiger partial charge in [0.2, 0.25) is 5.84 Å². The number of nitrogens with zero attached hydrogens (tertiary/aromatic N) is 2. The van der Waals surface area contributed by atoms with Crippen molar-refractivity contribution in [1.29, 1.82) is 5.41 Å². The van der Waals surface area contributed by atoms with E-state index in [0.717, 1.165) is 5.69 Å². The van der Waals surface area contributed by atoms with Crippen LogP contribution in [0.1, 0.15) is 0 Å². The fourth-order valence-corrected chi connectivity index (χ4v) is 1.28. The van der Waals surface area contributed by atoms with Crippen molar-refractivity contribution in [2.45, 2.75) is 0 Å². The Hall–Kier alpha value is -1.84. The van der Waals surface area contributed by atoms with Gasteiger partial charge >= 0.3 is 0 Å². The number of hydrogen-bond donors (Lipinski definition) is 1. The molecule has 0 bridgehead atoms. The molecule has 1 aromatic carbocycles. The highest BCUT2D eigenvalue weighted by Crippen LogP contribution is 2.27. The molecule has 4 nitrogen and oxygen atoms in total. The van der Waals surface area contributed by atoms with Crippen molar-refractivity contribution in [3.63, 3.8) is 0 Å². The van der Waals surface area contributed by atoms with Crippen LogP contribution in [0.4, 0.5) is 11.4 Å². The topological polar surface area (TPSA) is 58.3 Å². The second-order valence-corrected chi connectivity index (χ2v) is 2.81. The van der Waals surface area contributed by atoms with Crippen LogP contribution >= 0.6 is 0 Å². The van der Waals surface area contributed by atoms with E-state index in [2.05, 4.69) is 5.32 Å². The summed E-state index contributed by atoms with van der Waals surface area (Å²) in [4.78, 5) is 12.7. The normalized spacial score (nSPS) is 15.3. The van der Waals surface area contributed by atoms with Crippen molar-refractivity contribution in [1.82, 2.24) is 5.32 Å². The molecular weight excluding hydrogens is 166 g/mol. The number of carbonyl (C=O) groups excluding carboxylic acids is 1. The molecule has 0 atom stereocenters. The average Bonchev–Trinajstić information content (AvgIpc) is 2.15. The van der Waals surface area contributed by atoms with Crippen LogP contribution in [-0.4, -0.2) is 18.8 Å². The minimum absolute atomic E-state index is 0.207. The van der Waals surface area contributed by atoms with Crippen LogP contribution < -0.4 is 10.2 Å². The maximum absolute atomic E-state index is 11.3. The third-order valence-corrected chi connectivity index (χ3v) is 1.98. The number of amidine groups is 1. The number of benzene rings is 1. The molecular formula is C9H8N3O. The summed E-state index contributed by atoms with van der Waals surface area (Å²) in [5.74, 6) is -0.570. The zero-order valence-electron chi connectivity index (χ0n) is 7.11. The highest BCUT2D eigenvalue weighted by Gasteiger charge is 2.26. The second-order valence-electron chi connectivity index (χ2n) is 2.81. The fraction of sp³-hybridized carbons (Fsp3) is 0.111. The molecule has 1 amide bonds. The lowest BCUT2D eigenvalue weighted by atomic mass is 10.2. The zero-order chi connectivity index (χ0) is 9.42. The molecule has 0 aliphatic carbocycles. The smallest absolute Gasteiger partial charge is 0.295 e. The van der Waals surface area contributed by atoms with E-state index in [-0.39, 0.29) is 11.7 Å². The molecule has 1 heterocycles. The minimum atomic E-state index is -0.362. The molecule has 1 aliphatic heterocycles. The van der Waals surface area contributed by atoms with Crippen LogP contribution in [0.2, 0.25) is 0 Å². The molecule has 65 valence electrons. The van der Waals surface area contributed by atoms with Crippen molar-refractivity contribution in [3.8, 4) is 0 Å². The number of fused-ring (bicyclic) bond motifs is 1. The first kappa shape index (κ1) is 7.79. The van der Waals surface area contributed by atoms with E-state index in [0.29, 0.717) is 5.69 Å². The van der Waals surface area contributed by atoms with Gasteiger partial charge < -0.3 is 4.90 Å². The lowest BCUT2D eigenvalue weighted by molar-refractivity contribution is -0.112. The highest BCUT2D eigenvalue weighted by atomic mass is 16.2. The number of anilines is 1. The van der Waals surface area contributed by atoms with Gasteiger partial charge in [-0.1, -0.05) is 12.1 Å². The summed E-state index contributed by atoms with van der Waals surface area (Å²) in [6, 6.07) is 7.27. The number of nitrogens with one attached hydrogen (secondary N) is 1. The highest BCUT2D eigenvalue weighted by molar-refractivity contribution is 6.44. The quantitative estimate of drug-likeness (QED) is 0.623. The molecule has 0 saturated carbocycles. The number of rotatable bonds is 0. The number of para-hydroxylation sites is 2. The first-order valence-electron chi connectivity index (χ1n) is 3.87. The van der Waals surface area contributed by atoms with E-state index in [1.165, 1.54) is 4.90 Å². The van der Waals surface area contributed by atoms with Crippen LogP contribution in [0.3, 0.4) is 0 Å². The van der Waals surface area contributed by atoms with E-state index in [1.807, 2.05) is 18.2 Å². The third-order valence-electron chi connectivity index (χ3n) is 1.98. The molecule has 0 unspecified atom stereocenters. The molecule has 4 heteroatoms. The summed E-state index contributed by atoms with van der Waals surface area (Å²) in [6.07, 6.45) is 0. The van der Waals surface area contributed by atoms with Gasteiger partial charge in [0.25, 0.3) is 5.91 Å². The van der Waals surface area contributed by atoms with Gasteiger partial charge in [0.05, 0.1) is 11.4 Å². The van der Waals surface area contributed by atoms with Crippen molar-refractivity contribution in [2.24, 2.45) is 0 Å². The Morgan fingerprint density at radius 1 is 1.38 bits per heavy atom. The lowest BCUT2D eigenvalue weighted by Gasteiger charge is -2.24. The van der Waals surface area contributed by atoms with Gasteiger partial charge in [-0.2, -0.15) is 0 Å². The number of amides is 1. The summed E-state index contributed by atoms with van der Waals surface area (Å²) in [5.41, 5.74) is 1.43. The molecule has 0 fully saturated rings. The molecule has 0 aromatic heterocycles. The van der Waals surface area contributed by atoms with Gasteiger partial charge in [-0.3, -0.25) is 10.2 Å². The maximum atomic E-state index is 11.3. The van der Waals surface area contributed by atoms with Gasteiger partial charge in [-0.25, -0.2) is 5.32 Å². The Balaban J connectivity index is 2.55. The third kappa shape index (κ3) is 1.07. The van der Waals surface area contributed by atoms with Crippen LogP contribution in [0.15, 0.2) is 24.3 Å². The molecule has 1 aromatic rings. The standard InChI is InChI=1S/C9H8N3O/c1-12-7-5-3-2-4-6(7)11-8(10)9(12)13/h2-5,10H,1H3. The van der Waals surface area contributed by atoms with E-state index in [9.17, 15) is 4.79 Å². The van der Waals surface area contributed by atoms with Crippen LogP contribution in [0.25, 0.3) is 0 Å². The maximum Gasteiger partial charge on any atom is 0.295 e. The van der Waals surface area contributed by atoms with Gasteiger partial charge in [-0.05, 0) is 12.1 Å². The Morgan fingerprint density at radius 2 is 2.08 bits per heavy atom. The van der Waals surface area contributed by atoms with Crippen molar-refractivity contribution in [3.05, 3.63) is 24.3 Å². The second kappa shape index (κ2) is 2.58. The molecule has 13 heavy (non-hydrogen) atoms. The summed E-state index contributed by atoms with van der Waals surface area (Å²) >= 11 is 0. The molecule has 1 aliphatic rings. The fourth-order valence-electron chi connectivity index (χ4n) is 1.28. The van der Waals surface area contributed by atoms with Gasteiger partial charge in [0.15, 0.2) is 0 Å². The first-order chi connectivity index (χ1) is 6.20. The van der Waals surface area contributed by atoms with Crippen molar-refractivity contribution in [2.75, 3.05) is 11.9 Å². The van der Waals surface area contributed by atoms with Crippen LogP contribution in [-0.2, 0) is 4.79 Å². The summed E-state index contributed by atoms with van der Waals surface area (Å²) in [7, 11) is 1.64. The van der Waals surface area contributed by atoms with Crippen LogP contribution in [0, 0.1) is 5.41 Å². The number of hydrogen-bond acceptors (Lipinski definition) is 2. The zero-order valence-corrected chi connectivity index (χ0v) is 7.11. The van der Waals surface area contributed by atoms with E-state index in [1.54, 1.807) is 13.1 Å². The average molecular weight is 174 g/mol. The molecule has 1 N–H and O–H groups in total. The SMILES string of the molecule is CN1C(=O)C(=N)[N]c2ccccc21. The minimum Gasteiger partial charge on any atom is -0.307 e. The van der Waals surface area contributed by atoms with Crippen LogP contribution in [0.5, 0.6) is 0 Å². The predicted octanol–water partition coefficient (Wildman–Crippen LogP) is 0.876. The van der Waals surface area contributed by atoms with Crippen molar-refractivity contribution < 1.29 is 4.79 Å². The molecule has 0 spiro atoms. The Bertz CT molecular complexity index is 386. The predicted molar refractivity (Wildman–Crippen MR) is 49.4 cm³/mol. The Morgan fingerprint density at radius 3 is 2.85 bits per heavy atom. The largest absolute Gasteiger partial charge is 0.307 e. The van der Waals surface area contributed by atoms with Crippen molar-refractivity contribution >= 4 is 23.1 Å². The van der Waals surface area contributed by atoms with Gasteiger partial charge in [-0.15, -0.1) is 0 Å². The lowest BCUT2D eigenvalue weighted by Crippen LogP contribution is -2.40. The summed E-state index contributed by atoms with van der Waals surface area (Å²) < 4.78 is 0. The molecule has 2 rings (SSSR count). The molecule has 0 saturated heterocycles. The summed E-state index contributed by atoms with van der Waals surface area (Å²) in [6.45, 7) is 0. The van der Waals surface area contributed by atoms with E-state index in [4.69, 9.17) is 5.41 Å². The van der Waals surface area contributed by atoms with Gasteiger partial charge in [0.1, 0.15) is 0 Å². The first-order valence-corrected chi connectivity index (χ1v) is 3.87. The van der Waals surface area contributed by atoms with E-state index < -0.39 is 0 Å². The Kier molecular flexibility index (Phi) is 1.55. The van der Waals surface area contributed by atoms with Gasteiger partial charge in [0, 0.05) is 7.05 Å². The summed E-state index contributed by atoms with van der Waals surface area (Å²) in [5, 5.41) is 11.2. The number of likely N-dealkylation sites (N-methyl/N-ethyl adjacent to an activating group) is 1. The monoisotopic (exact) mass is 174 g/mol. The number of carbonyl (C=O) groups is 1.